The highest BCUT2D eigenvalue weighted by molar-refractivity contribution is 6.35. The standard InChI is InChI=1S/C12H12Cl2N2O/c1-2-11-8(7-17)6-15-16(11)12-4-3-9(13)5-10(12)14/h3-6,17H,2,7H2,1H3. The zero-order valence-corrected chi connectivity index (χ0v) is 10.8. The molecule has 1 N–H and O–H groups in total. The number of hydrogen-bond donors (Lipinski definition) is 1. The van der Waals surface area contributed by atoms with Gasteiger partial charge in [0.2, 0.25) is 0 Å². The summed E-state index contributed by atoms with van der Waals surface area (Å²) in [5, 5.41) is 14.6. The summed E-state index contributed by atoms with van der Waals surface area (Å²) in [6.07, 6.45) is 2.43. The van der Waals surface area contributed by atoms with Gasteiger partial charge in [0.25, 0.3) is 0 Å². The summed E-state index contributed by atoms with van der Waals surface area (Å²) in [4.78, 5) is 0. The molecule has 0 radical (unpaired) electrons. The predicted octanol–water partition coefficient (Wildman–Crippen LogP) is 3.23. The van der Waals surface area contributed by atoms with Crippen molar-refractivity contribution < 1.29 is 5.11 Å². The van der Waals surface area contributed by atoms with Crippen LogP contribution < -0.4 is 0 Å². The lowest BCUT2D eigenvalue weighted by Gasteiger charge is -2.09. The second-order valence-corrected chi connectivity index (χ2v) is 4.48. The van der Waals surface area contributed by atoms with Crippen molar-refractivity contribution in [3.05, 3.63) is 45.7 Å². The number of rotatable bonds is 3. The van der Waals surface area contributed by atoms with E-state index in [2.05, 4.69) is 5.10 Å². The van der Waals surface area contributed by atoms with Gasteiger partial charge in [-0.3, -0.25) is 0 Å². The van der Waals surface area contributed by atoms with Crippen molar-refractivity contribution in [1.82, 2.24) is 9.78 Å². The van der Waals surface area contributed by atoms with Crippen molar-refractivity contribution in [1.29, 1.82) is 0 Å². The molecule has 17 heavy (non-hydrogen) atoms. The Morgan fingerprint density at radius 1 is 1.35 bits per heavy atom. The molecule has 90 valence electrons. The summed E-state index contributed by atoms with van der Waals surface area (Å²) in [6, 6.07) is 5.26. The highest BCUT2D eigenvalue weighted by Crippen LogP contribution is 2.26. The number of hydrogen-bond acceptors (Lipinski definition) is 2. The molecule has 0 spiro atoms. The van der Waals surface area contributed by atoms with Gasteiger partial charge in [0.15, 0.2) is 0 Å². The molecule has 0 amide bonds. The molecule has 0 atom stereocenters. The van der Waals surface area contributed by atoms with Gasteiger partial charge in [0, 0.05) is 16.3 Å². The molecule has 0 unspecified atom stereocenters. The van der Waals surface area contributed by atoms with E-state index in [4.69, 9.17) is 23.2 Å². The van der Waals surface area contributed by atoms with Crippen LogP contribution in [0.4, 0.5) is 0 Å². The Labute approximate surface area is 110 Å². The molecule has 0 aliphatic rings. The molecular formula is C12H12Cl2N2O. The normalized spacial score (nSPS) is 10.8. The SMILES string of the molecule is CCc1c(CO)cnn1-c1ccc(Cl)cc1Cl. The van der Waals surface area contributed by atoms with E-state index in [0.29, 0.717) is 10.0 Å². The molecule has 5 heteroatoms. The molecule has 2 aromatic rings. The molecule has 1 aromatic heterocycles. The minimum absolute atomic E-state index is 0.0195. The Balaban J connectivity index is 2.56. The fraction of sp³-hybridized carbons (Fsp3) is 0.250. The third kappa shape index (κ3) is 2.32. The zero-order valence-electron chi connectivity index (χ0n) is 9.32. The number of halogens is 2. The van der Waals surface area contributed by atoms with Crippen molar-refractivity contribution in [2.45, 2.75) is 20.0 Å². The Morgan fingerprint density at radius 2 is 2.12 bits per heavy atom. The lowest BCUT2D eigenvalue weighted by molar-refractivity contribution is 0.280. The van der Waals surface area contributed by atoms with Crippen molar-refractivity contribution >= 4 is 23.2 Å². The van der Waals surface area contributed by atoms with Crippen LogP contribution in [-0.4, -0.2) is 14.9 Å². The van der Waals surface area contributed by atoms with Crippen LogP contribution in [0.5, 0.6) is 0 Å². The van der Waals surface area contributed by atoms with Crippen LogP contribution >= 0.6 is 23.2 Å². The predicted molar refractivity (Wildman–Crippen MR) is 68.9 cm³/mol. The quantitative estimate of drug-likeness (QED) is 0.930. The first-order valence-corrected chi connectivity index (χ1v) is 6.05. The van der Waals surface area contributed by atoms with Gasteiger partial charge in [-0.25, -0.2) is 4.68 Å². The molecule has 0 fully saturated rings. The molecule has 0 aliphatic heterocycles. The monoisotopic (exact) mass is 270 g/mol. The highest BCUT2D eigenvalue weighted by atomic mass is 35.5. The van der Waals surface area contributed by atoms with Crippen molar-refractivity contribution in [2.24, 2.45) is 0 Å². The smallest absolute Gasteiger partial charge is 0.0836 e. The van der Waals surface area contributed by atoms with Crippen LogP contribution in [0.25, 0.3) is 5.69 Å². The summed E-state index contributed by atoms with van der Waals surface area (Å²) in [6.45, 7) is 1.99. The van der Waals surface area contributed by atoms with E-state index in [9.17, 15) is 5.11 Å². The van der Waals surface area contributed by atoms with Gasteiger partial charge in [-0.15, -0.1) is 0 Å². The molecular weight excluding hydrogens is 259 g/mol. The number of nitrogens with zero attached hydrogens (tertiary/aromatic N) is 2. The Hall–Kier alpha value is -1.03. The fourth-order valence-corrected chi connectivity index (χ4v) is 2.27. The van der Waals surface area contributed by atoms with Crippen molar-refractivity contribution in [2.75, 3.05) is 0 Å². The van der Waals surface area contributed by atoms with Crippen molar-refractivity contribution in [3.63, 3.8) is 0 Å². The first-order valence-electron chi connectivity index (χ1n) is 5.29. The van der Waals surface area contributed by atoms with E-state index in [-0.39, 0.29) is 6.61 Å². The Morgan fingerprint density at radius 3 is 2.71 bits per heavy atom. The van der Waals surface area contributed by atoms with Gasteiger partial charge in [-0.05, 0) is 24.6 Å². The van der Waals surface area contributed by atoms with E-state index >= 15 is 0 Å². The first-order chi connectivity index (χ1) is 8.17. The van der Waals surface area contributed by atoms with E-state index < -0.39 is 0 Å². The number of benzene rings is 1. The van der Waals surface area contributed by atoms with E-state index in [1.165, 1.54) is 0 Å². The van der Waals surface area contributed by atoms with Crippen LogP contribution in [0.3, 0.4) is 0 Å². The fourth-order valence-electron chi connectivity index (χ4n) is 1.78. The number of aromatic nitrogens is 2. The summed E-state index contributed by atoms with van der Waals surface area (Å²) in [5.41, 5.74) is 2.54. The van der Waals surface area contributed by atoms with Gasteiger partial charge >= 0.3 is 0 Å². The van der Waals surface area contributed by atoms with Gasteiger partial charge in [0.05, 0.1) is 23.5 Å². The molecule has 3 nitrogen and oxygen atoms in total. The number of aliphatic hydroxyl groups excluding tert-OH is 1. The molecule has 1 heterocycles. The molecule has 1 aromatic carbocycles. The highest BCUT2D eigenvalue weighted by Gasteiger charge is 2.12. The van der Waals surface area contributed by atoms with Crippen LogP contribution in [0.1, 0.15) is 18.2 Å². The van der Waals surface area contributed by atoms with Crippen LogP contribution in [0, 0.1) is 0 Å². The maximum absolute atomic E-state index is 9.22. The minimum Gasteiger partial charge on any atom is -0.392 e. The van der Waals surface area contributed by atoms with Gasteiger partial charge in [0.1, 0.15) is 0 Å². The average molecular weight is 271 g/mol. The van der Waals surface area contributed by atoms with Crippen LogP contribution in [0.2, 0.25) is 10.0 Å². The molecule has 2 rings (SSSR count). The third-order valence-electron chi connectivity index (χ3n) is 2.60. The minimum atomic E-state index is -0.0195. The largest absolute Gasteiger partial charge is 0.392 e. The molecule has 0 bridgehead atoms. The second kappa shape index (κ2) is 5.08. The Bertz CT molecular complexity index is 537. The van der Waals surface area contributed by atoms with E-state index in [0.717, 1.165) is 23.4 Å². The van der Waals surface area contributed by atoms with E-state index in [1.807, 2.05) is 13.0 Å². The Kier molecular flexibility index (Phi) is 3.72. The molecule has 0 saturated heterocycles. The second-order valence-electron chi connectivity index (χ2n) is 3.64. The summed E-state index contributed by atoms with van der Waals surface area (Å²) < 4.78 is 1.74. The van der Waals surface area contributed by atoms with Crippen LogP contribution in [-0.2, 0) is 13.0 Å². The van der Waals surface area contributed by atoms with Crippen molar-refractivity contribution in [3.8, 4) is 5.69 Å². The summed E-state index contributed by atoms with van der Waals surface area (Å²) >= 11 is 12.0. The number of aliphatic hydroxyl groups is 1. The zero-order chi connectivity index (χ0) is 12.4. The third-order valence-corrected chi connectivity index (χ3v) is 3.14. The molecule has 0 aliphatic carbocycles. The summed E-state index contributed by atoms with van der Waals surface area (Å²) in [7, 11) is 0. The van der Waals surface area contributed by atoms with Gasteiger partial charge in [-0.2, -0.15) is 5.10 Å². The molecule has 0 saturated carbocycles. The summed E-state index contributed by atoms with van der Waals surface area (Å²) in [5.74, 6) is 0. The maximum Gasteiger partial charge on any atom is 0.0836 e. The average Bonchev–Trinajstić information content (AvgIpc) is 2.71. The lowest BCUT2D eigenvalue weighted by atomic mass is 10.2. The maximum atomic E-state index is 9.22. The van der Waals surface area contributed by atoms with Crippen LogP contribution in [0.15, 0.2) is 24.4 Å². The van der Waals surface area contributed by atoms with Gasteiger partial charge < -0.3 is 5.11 Å². The van der Waals surface area contributed by atoms with Gasteiger partial charge in [-0.1, -0.05) is 30.1 Å². The van der Waals surface area contributed by atoms with E-state index in [1.54, 1.807) is 23.0 Å². The topological polar surface area (TPSA) is 38.1 Å². The first kappa shape index (κ1) is 12.4. The lowest BCUT2D eigenvalue weighted by Crippen LogP contribution is -2.03.